The van der Waals surface area contributed by atoms with Crippen LogP contribution in [0.2, 0.25) is 5.02 Å². The van der Waals surface area contributed by atoms with Crippen LogP contribution in [-0.2, 0) is 4.79 Å². The summed E-state index contributed by atoms with van der Waals surface area (Å²) >= 11 is 5.77. The lowest BCUT2D eigenvalue weighted by molar-refractivity contribution is -0.130. The van der Waals surface area contributed by atoms with Gasteiger partial charge in [-0.2, -0.15) is 0 Å². The Morgan fingerprint density at radius 2 is 2.30 bits per heavy atom. The zero-order chi connectivity index (χ0) is 14.7. The molecule has 20 heavy (non-hydrogen) atoms. The zero-order valence-electron chi connectivity index (χ0n) is 11.6. The number of hydrogen-bond acceptors (Lipinski definition) is 3. The molecule has 1 aliphatic heterocycles. The third-order valence-electron chi connectivity index (χ3n) is 3.64. The monoisotopic (exact) mass is 299 g/mol. The first kappa shape index (κ1) is 15.1. The summed E-state index contributed by atoms with van der Waals surface area (Å²) in [6.07, 6.45) is 1.76. The molecule has 1 fully saturated rings. The van der Waals surface area contributed by atoms with E-state index >= 15 is 0 Å². The van der Waals surface area contributed by atoms with E-state index in [1.807, 2.05) is 0 Å². The van der Waals surface area contributed by atoms with Crippen LogP contribution in [0.4, 0.5) is 10.1 Å². The highest BCUT2D eigenvalue weighted by atomic mass is 35.5. The maximum Gasteiger partial charge on any atom is 0.220 e. The molecule has 0 aromatic heterocycles. The number of carbonyl (C=O) groups excluding carboxylic acids is 1. The van der Waals surface area contributed by atoms with E-state index in [2.05, 4.69) is 10.6 Å². The maximum atomic E-state index is 13.1. The van der Waals surface area contributed by atoms with Gasteiger partial charge in [0.15, 0.2) is 0 Å². The van der Waals surface area contributed by atoms with Gasteiger partial charge >= 0.3 is 0 Å². The third kappa shape index (κ3) is 3.61. The second kappa shape index (κ2) is 6.41. The fourth-order valence-electron chi connectivity index (χ4n) is 2.36. The Balaban J connectivity index is 1.99. The van der Waals surface area contributed by atoms with Gasteiger partial charge in [0.05, 0.1) is 11.2 Å². The number of rotatable bonds is 3. The highest BCUT2D eigenvalue weighted by Crippen LogP contribution is 2.22. The number of benzene rings is 1. The summed E-state index contributed by atoms with van der Waals surface area (Å²) in [6, 6.07) is 4.84. The van der Waals surface area contributed by atoms with Crippen LogP contribution in [0.5, 0.6) is 0 Å². The molecule has 4 nitrogen and oxygen atoms in total. The molecule has 6 heteroatoms. The number of halogens is 2. The molecule has 1 amide bonds. The van der Waals surface area contributed by atoms with Crippen molar-refractivity contribution in [2.75, 3.05) is 18.9 Å². The van der Waals surface area contributed by atoms with Crippen LogP contribution in [0.25, 0.3) is 0 Å². The Kier molecular flexibility index (Phi) is 4.83. The van der Waals surface area contributed by atoms with E-state index in [0.717, 1.165) is 25.1 Å². The summed E-state index contributed by atoms with van der Waals surface area (Å²) in [5, 5.41) is 6.77. The second-order valence-electron chi connectivity index (χ2n) is 5.09. The molecule has 1 saturated heterocycles. The Morgan fingerprint density at radius 3 is 2.95 bits per heavy atom. The van der Waals surface area contributed by atoms with Crippen molar-refractivity contribution in [1.82, 2.24) is 10.2 Å². The van der Waals surface area contributed by atoms with Crippen molar-refractivity contribution in [3.63, 3.8) is 0 Å². The van der Waals surface area contributed by atoms with Crippen LogP contribution >= 0.6 is 11.6 Å². The van der Waals surface area contributed by atoms with Crippen LogP contribution in [0.3, 0.4) is 0 Å². The van der Waals surface area contributed by atoms with E-state index in [-0.39, 0.29) is 23.1 Å². The smallest absolute Gasteiger partial charge is 0.220 e. The lowest BCUT2D eigenvalue weighted by atomic mass is 10.0. The van der Waals surface area contributed by atoms with Gasteiger partial charge in [-0.1, -0.05) is 11.6 Å². The number of carbonyl (C=O) groups is 1. The fraction of sp³-hybridized carbons (Fsp3) is 0.500. The molecule has 1 aromatic rings. The summed E-state index contributed by atoms with van der Waals surface area (Å²) in [5.74, 6) is -0.385. The van der Waals surface area contributed by atoms with Gasteiger partial charge in [0, 0.05) is 32.1 Å². The predicted molar refractivity (Wildman–Crippen MR) is 78.3 cm³/mol. The van der Waals surface area contributed by atoms with Crippen LogP contribution < -0.4 is 10.6 Å². The van der Waals surface area contributed by atoms with E-state index < -0.39 is 5.82 Å². The lowest BCUT2D eigenvalue weighted by Crippen LogP contribution is -2.52. The number of nitrogens with one attached hydrogen (secondary N) is 2. The average Bonchev–Trinajstić information content (AvgIpc) is 2.42. The SMILES string of the molecule is CC(=O)N(C)C1CC(Nc2ccc(F)c(Cl)c2)CCN1. The molecule has 1 aromatic carbocycles. The molecule has 1 heterocycles. The summed E-state index contributed by atoms with van der Waals surface area (Å²) in [7, 11) is 1.79. The van der Waals surface area contributed by atoms with E-state index in [1.165, 1.54) is 6.07 Å². The van der Waals surface area contributed by atoms with Crippen molar-refractivity contribution < 1.29 is 9.18 Å². The highest BCUT2D eigenvalue weighted by molar-refractivity contribution is 6.31. The predicted octanol–water partition coefficient (Wildman–Crippen LogP) is 2.45. The Hall–Kier alpha value is -1.33. The van der Waals surface area contributed by atoms with Crippen molar-refractivity contribution in [2.24, 2.45) is 0 Å². The number of piperidine rings is 1. The molecule has 0 aliphatic carbocycles. The molecule has 1 aliphatic rings. The minimum atomic E-state index is -0.420. The quantitative estimate of drug-likeness (QED) is 0.901. The topological polar surface area (TPSA) is 44.4 Å². The summed E-state index contributed by atoms with van der Waals surface area (Å²) in [5.41, 5.74) is 0.799. The molecular weight excluding hydrogens is 281 g/mol. The lowest BCUT2D eigenvalue weighted by Gasteiger charge is -2.36. The molecule has 0 spiro atoms. The van der Waals surface area contributed by atoms with E-state index in [0.29, 0.717) is 0 Å². The van der Waals surface area contributed by atoms with Crippen molar-refractivity contribution >= 4 is 23.2 Å². The molecule has 2 N–H and O–H groups in total. The van der Waals surface area contributed by atoms with Gasteiger partial charge in [0.1, 0.15) is 5.82 Å². The average molecular weight is 300 g/mol. The van der Waals surface area contributed by atoms with Crippen LogP contribution in [-0.4, -0.2) is 36.6 Å². The van der Waals surface area contributed by atoms with Gasteiger partial charge in [-0.05, 0) is 31.2 Å². The molecule has 2 rings (SSSR count). The van der Waals surface area contributed by atoms with Gasteiger partial charge < -0.3 is 10.2 Å². The first-order chi connectivity index (χ1) is 9.47. The largest absolute Gasteiger partial charge is 0.382 e. The van der Waals surface area contributed by atoms with Crippen molar-refractivity contribution in [1.29, 1.82) is 0 Å². The molecular formula is C14H19ClFN3O. The first-order valence-electron chi connectivity index (χ1n) is 6.65. The Morgan fingerprint density at radius 1 is 1.55 bits per heavy atom. The number of nitrogens with zero attached hydrogens (tertiary/aromatic N) is 1. The van der Waals surface area contributed by atoms with Crippen LogP contribution in [0.1, 0.15) is 19.8 Å². The van der Waals surface area contributed by atoms with Crippen molar-refractivity contribution in [3.05, 3.63) is 29.0 Å². The van der Waals surface area contributed by atoms with E-state index in [1.54, 1.807) is 31.0 Å². The third-order valence-corrected chi connectivity index (χ3v) is 3.92. The second-order valence-corrected chi connectivity index (χ2v) is 5.50. The number of hydrogen-bond donors (Lipinski definition) is 2. The van der Waals surface area contributed by atoms with Gasteiger partial charge in [0.25, 0.3) is 0 Å². The van der Waals surface area contributed by atoms with Gasteiger partial charge in [-0.15, -0.1) is 0 Å². The van der Waals surface area contributed by atoms with E-state index in [4.69, 9.17) is 11.6 Å². The Bertz CT molecular complexity index is 497. The fourth-order valence-corrected chi connectivity index (χ4v) is 2.54. The summed E-state index contributed by atoms with van der Waals surface area (Å²) < 4.78 is 13.1. The Labute approximate surface area is 123 Å². The maximum absolute atomic E-state index is 13.1. The normalized spacial score (nSPS) is 22.4. The van der Waals surface area contributed by atoms with Crippen LogP contribution in [0, 0.1) is 5.82 Å². The van der Waals surface area contributed by atoms with Crippen molar-refractivity contribution in [2.45, 2.75) is 32.0 Å². The molecule has 2 unspecified atom stereocenters. The molecule has 0 radical (unpaired) electrons. The zero-order valence-corrected chi connectivity index (χ0v) is 12.4. The van der Waals surface area contributed by atoms with Gasteiger partial charge in [-0.3, -0.25) is 10.1 Å². The summed E-state index contributed by atoms with van der Waals surface area (Å²) in [6.45, 7) is 2.38. The minimum Gasteiger partial charge on any atom is -0.382 e. The minimum absolute atomic E-state index is 0.0228. The standard InChI is InChI=1S/C14H19ClFN3O/c1-9(20)19(2)14-8-11(5-6-17-14)18-10-3-4-13(16)12(15)7-10/h3-4,7,11,14,17-18H,5-6,8H2,1-2H3. The van der Waals surface area contributed by atoms with Gasteiger partial charge in [0.2, 0.25) is 5.91 Å². The molecule has 2 atom stereocenters. The number of amides is 1. The van der Waals surface area contributed by atoms with Gasteiger partial charge in [-0.25, -0.2) is 4.39 Å². The van der Waals surface area contributed by atoms with Crippen molar-refractivity contribution in [3.8, 4) is 0 Å². The molecule has 0 saturated carbocycles. The van der Waals surface area contributed by atoms with E-state index in [9.17, 15) is 9.18 Å². The first-order valence-corrected chi connectivity index (χ1v) is 7.03. The molecule has 0 bridgehead atoms. The van der Waals surface area contributed by atoms with Crippen LogP contribution in [0.15, 0.2) is 18.2 Å². The number of anilines is 1. The highest BCUT2D eigenvalue weighted by Gasteiger charge is 2.25. The molecule has 110 valence electrons. The summed E-state index contributed by atoms with van der Waals surface area (Å²) in [4.78, 5) is 13.1.